The number of nitrogens with one attached hydrogen (secondary N) is 2. The highest BCUT2D eigenvalue weighted by molar-refractivity contribution is 5.97. The maximum atomic E-state index is 12.6. The van der Waals surface area contributed by atoms with Gasteiger partial charge in [0.15, 0.2) is 6.10 Å². The third kappa shape index (κ3) is 7.04. The van der Waals surface area contributed by atoms with Crippen LogP contribution in [0.25, 0.3) is 23.0 Å². The largest absolute Gasteiger partial charge is 0.449 e. The lowest BCUT2D eigenvalue weighted by atomic mass is 10.1. The Bertz CT molecular complexity index is 1580. The van der Waals surface area contributed by atoms with Gasteiger partial charge in [-0.3, -0.25) is 19.7 Å². The van der Waals surface area contributed by atoms with Crippen LogP contribution < -0.4 is 10.6 Å². The van der Waals surface area contributed by atoms with Crippen LogP contribution in [0, 0.1) is 10.1 Å². The number of ether oxygens (including phenoxy) is 1. The van der Waals surface area contributed by atoms with Crippen molar-refractivity contribution >= 4 is 40.9 Å². The molecule has 0 aliphatic rings. The zero-order chi connectivity index (χ0) is 28.6. The van der Waals surface area contributed by atoms with Crippen molar-refractivity contribution in [2.75, 3.05) is 10.6 Å². The standard InChI is InChI=1S/C29H25N5O6/c1-19(29(37)31-24-14-12-23(13-15-24)30-20(2)35)40-27(36)16-11-22-18-33(25-8-4-3-5-9-25)32-28(22)21-7-6-10-26(17-21)34(38)39/h3-19H,1-2H3,(H,30,35)(H,31,37)/b16-11+/t19-/m1/s1. The molecule has 0 unspecified atom stereocenters. The second kappa shape index (κ2) is 12.3. The molecule has 0 aliphatic heterocycles. The number of nitro groups is 1. The van der Waals surface area contributed by atoms with Crippen molar-refractivity contribution in [3.63, 3.8) is 0 Å². The number of nitrogens with zero attached hydrogens (tertiary/aromatic N) is 3. The number of esters is 1. The fourth-order valence-electron chi connectivity index (χ4n) is 3.72. The highest BCUT2D eigenvalue weighted by Crippen LogP contribution is 2.28. The van der Waals surface area contributed by atoms with Gasteiger partial charge in [-0.05, 0) is 49.4 Å². The lowest BCUT2D eigenvalue weighted by Crippen LogP contribution is -2.29. The summed E-state index contributed by atoms with van der Waals surface area (Å²) in [5.74, 6) is -1.51. The van der Waals surface area contributed by atoms with Gasteiger partial charge in [-0.2, -0.15) is 5.10 Å². The summed E-state index contributed by atoms with van der Waals surface area (Å²) in [6.45, 7) is 2.83. The summed E-state index contributed by atoms with van der Waals surface area (Å²) in [7, 11) is 0. The molecule has 2 amide bonds. The Labute approximate surface area is 229 Å². The first-order valence-electron chi connectivity index (χ1n) is 12.2. The summed E-state index contributed by atoms with van der Waals surface area (Å²) in [5.41, 5.74) is 3.14. The molecular formula is C29H25N5O6. The van der Waals surface area contributed by atoms with Crippen molar-refractivity contribution in [2.24, 2.45) is 0 Å². The van der Waals surface area contributed by atoms with Crippen LogP contribution in [0.5, 0.6) is 0 Å². The normalized spacial score (nSPS) is 11.6. The molecule has 1 aromatic heterocycles. The Morgan fingerprint density at radius 3 is 2.30 bits per heavy atom. The predicted octanol–water partition coefficient (Wildman–Crippen LogP) is 4.99. The molecule has 2 N–H and O–H groups in total. The summed E-state index contributed by atoms with van der Waals surface area (Å²) in [6, 6.07) is 21.8. The van der Waals surface area contributed by atoms with Crippen LogP contribution in [0.3, 0.4) is 0 Å². The number of non-ortho nitro benzene ring substituents is 1. The van der Waals surface area contributed by atoms with Crippen molar-refractivity contribution in [1.82, 2.24) is 9.78 Å². The van der Waals surface area contributed by atoms with Crippen molar-refractivity contribution in [3.05, 3.63) is 107 Å². The first-order valence-corrected chi connectivity index (χ1v) is 12.2. The average Bonchev–Trinajstić information content (AvgIpc) is 3.37. The number of rotatable bonds is 9. The van der Waals surface area contributed by atoms with Crippen molar-refractivity contribution in [1.29, 1.82) is 0 Å². The van der Waals surface area contributed by atoms with E-state index < -0.39 is 22.9 Å². The van der Waals surface area contributed by atoms with Crippen LogP contribution in [-0.2, 0) is 19.1 Å². The Hall–Kier alpha value is -5.58. The molecule has 0 bridgehead atoms. The van der Waals surface area contributed by atoms with E-state index in [0.29, 0.717) is 28.2 Å². The molecule has 4 rings (SSSR count). The number of benzene rings is 3. The minimum absolute atomic E-state index is 0.0920. The minimum atomic E-state index is -1.10. The lowest BCUT2D eigenvalue weighted by Gasteiger charge is -2.12. The fourth-order valence-corrected chi connectivity index (χ4v) is 3.72. The molecule has 40 heavy (non-hydrogen) atoms. The third-order valence-electron chi connectivity index (χ3n) is 5.63. The number of para-hydroxylation sites is 1. The van der Waals surface area contributed by atoms with E-state index in [2.05, 4.69) is 15.7 Å². The molecule has 0 saturated carbocycles. The molecule has 0 saturated heterocycles. The van der Waals surface area contributed by atoms with E-state index in [1.165, 1.54) is 38.1 Å². The quantitative estimate of drug-likeness (QED) is 0.132. The molecule has 0 spiro atoms. The first-order chi connectivity index (χ1) is 19.2. The number of amides is 2. The molecular weight excluding hydrogens is 514 g/mol. The Kier molecular flexibility index (Phi) is 8.45. The maximum absolute atomic E-state index is 12.6. The maximum Gasteiger partial charge on any atom is 0.331 e. The molecule has 0 radical (unpaired) electrons. The predicted molar refractivity (Wildman–Crippen MR) is 150 cm³/mol. The van der Waals surface area contributed by atoms with Gasteiger partial charge in [-0.25, -0.2) is 9.48 Å². The summed E-state index contributed by atoms with van der Waals surface area (Å²) in [6.07, 6.45) is 3.23. The topological polar surface area (TPSA) is 145 Å². The van der Waals surface area contributed by atoms with Gasteiger partial charge in [0, 0.05) is 53.8 Å². The first kappa shape index (κ1) is 27.5. The third-order valence-corrected chi connectivity index (χ3v) is 5.63. The van der Waals surface area contributed by atoms with Gasteiger partial charge in [0.2, 0.25) is 5.91 Å². The second-order valence-corrected chi connectivity index (χ2v) is 8.68. The summed E-state index contributed by atoms with van der Waals surface area (Å²) >= 11 is 0. The van der Waals surface area contributed by atoms with Gasteiger partial charge in [-0.15, -0.1) is 0 Å². The SMILES string of the molecule is CC(=O)Nc1ccc(NC(=O)[C@@H](C)OC(=O)/C=C/c2cn(-c3ccccc3)nc2-c2cccc([N+](=O)[O-])c2)cc1. The number of anilines is 2. The van der Waals surface area contributed by atoms with E-state index in [9.17, 15) is 24.5 Å². The van der Waals surface area contributed by atoms with Crippen molar-refractivity contribution in [3.8, 4) is 16.9 Å². The number of aromatic nitrogens is 2. The molecule has 1 atom stereocenters. The molecule has 3 aromatic carbocycles. The zero-order valence-electron chi connectivity index (χ0n) is 21.6. The number of nitro benzene ring substituents is 1. The van der Waals surface area contributed by atoms with E-state index in [1.54, 1.807) is 47.3 Å². The molecule has 0 fully saturated rings. The molecule has 1 heterocycles. The van der Waals surface area contributed by atoms with E-state index in [4.69, 9.17) is 4.74 Å². The van der Waals surface area contributed by atoms with Gasteiger partial charge < -0.3 is 15.4 Å². The summed E-state index contributed by atoms with van der Waals surface area (Å²) in [5, 5.41) is 21.2. The molecule has 4 aromatic rings. The van der Waals surface area contributed by atoms with Gasteiger partial charge in [0.1, 0.15) is 5.69 Å². The van der Waals surface area contributed by atoms with E-state index in [0.717, 1.165) is 5.69 Å². The Morgan fingerprint density at radius 1 is 0.975 bits per heavy atom. The number of carbonyl (C=O) groups is 3. The van der Waals surface area contributed by atoms with Crippen LogP contribution >= 0.6 is 0 Å². The van der Waals surface area contributed by atoms with Crippen molar-refractivity contribution in [2.45, 2.75) is 20.0 Å². The van der Waals surface area contributed by atoms with Gasteiger partial charge >= 0.3 is 5.97 Å². The smallest absolute Gasteiger partial charge is 0.331 e. The molecule has 11 heteroatoms. The highest BCUT2D eigenvalue weighted by atomic mass is 16.6. The van der Waals surface area contributed by atoms with Gasteiger partial charge in [-0.1, -0.05) is 30.3 Å². The number of hydrogen-bond acceptors (Lipinski definition) is 7. The fraction of sp³-hybridized carbons (Fsp3) is 0.103. The second-order valence-electron chi connectivity index (χ2n) is 8.68. The summed E-state index contributed by atoms with van der Waals surface area (Å²) < 4.78 is 6.86. The zero-order valence-corrected chi connectivity index (χ0v) is 21.6. The molecule has 0 aliphatic carbocycles. The van der Waals surface area contributed by atoms with Crippen LogP contribution in [-0.4, -0.2) is 38.6 Å². The van der Waals surface area contributed by atoms with Crippen LogP contribution in [0.2, 0.25) is 0 Å². The highest BCUT2D eigenvalue weighted by Gasteiger charge is 2.18. The van der Waals surface area contributed by atoms with Gasteiger partial charge in [0.25, 0.3) is 11.6 Å². The van der Waals surface area contributed by atoms with E-state index in [1.807, 2.05) is 30.3 Å². The lowest BCUT2D eigenvalue weighted by molar-refractivity contribution is -0.384. The van der Waals surface area contributed by atoms with Crippen LogP contribution in [0.1, 0.15) is 19.4 Å². The summed E-state index contributed by atoms with van der Waals surface area (Å²) in [4.78, 5) is 47.0. The van der Waals surface area contributed by atoms with Crippen molar-refractivity contribution < 1.29 is 24.0 Å². The van der Waals surface area contributed by atoms with Gasteiger partial charge in [0.05, 0.1) is 10.6 Å². The van der Waals surface area contributed by atoms with Crippen LogP contribution in [0.4, 0.5) is 17.1 Å². The minimum Gasteiger partial charge on any atom is -0.449 e. The Balaban J connectivity index is 1.49. The molecule has 202 valence electrons. The molecule has 11 nitrogen and oxygen atoms in total. The number of hydrogen-bond donors (Lipinski definition) is 2. The average molecular weight is 540 g/mol. The monoisotopic (exact) mass is 539 g/mol. The number of carbonyl (C=O) groups excluding carboxylic acids is 3. The van der Waals surface area contributed by atoms with E-state index >= 15 is 0 Å². The van der Waals surface area contributed by atoms with E-state index in [-0.39, 0.29) is 11.6 Å². The Morgan fingerprint density at radius 2 is 1.65 bits per heavy atom. The van der Waals surface area contributed by atoms with Crippen LogP contribution in [0.15, 0.2) is 91.1 Å².